The van der Waals surface area contributed by atoms with Crippen LogP contribution in [0.1, 0.15) is 18.5 Å². The van der Waals surface area contributed by atoms with Crippen LogP contribution in [0.25, 0.3) is 11.0 Å². The zero-order valence-corrected chi connectivity index (χ0v) is 18.7. The summed E-state index contributed by atoms with van der Waals surface area (Å²) in [5.74, 6) is -1.73. The Morgan fingerprint density at radius 2 is 1.88 bits per heavy atom. The van der Waals surface area contributed by atoms with Crippen molar-refractivity contribution in [1.82, 2.24) is 9.13 Å². The molecule has 0 amide bonds. The van der Waals surface area contributed by atoms with E-state index in [-0.39, 0.29) is 17.6 Å². The molecule has 0 radical (unpaired) electrons. The van der Waals surface area contributed by atoms with E-state index in [0.29, 0.717) is 29.7 Å². The van der Waals surface area contributed by atoms with Gasteiger partial charge in [0.25, 0.3) is 0 Å². The van der Waals surface area contributed by atoms with Crippen molar-refractivity contribution in [3.8, 4) is 11.5 Å². The average Bonchev–Trinajstić information content (AvgIpc) is 2.98. The van der Waals surface area contributed by atoms with Gasteiger partial charge in [0.15, 0.2) is 17.3 Å². The number of imidazole rings is 1. The van der Waals surface area contributed by atoms with Crippen LogP contribution < -0.4 is 15.2 Å². The van der Waals surface area contributed by atoms with Crippen molar-refractivity contribution in [1.29, 1.82) is 0 Å². The predicted molar refractivity (Wildman–Crippen MR) is 115 cm³/mol. The molecule has 11 heteroatoms. The summed E-state index contributed by atoms with van der Waals surface area (Å²) in [5.41, 5.74) is -0.764. The molecule has 8 nitrogen and oxygen atoms in total. The van der Waals surface area contributed by atoms with E-state index in [1.165, 1.54) is 13.2 Å². The standard InChI is InChI=1S/C21H24F2N2O6S/c1-4-31-19-9-13(5-6-18(19)30-2)17(12-32(3,28)29)25-20-15(23)10-14(22)11-16(20)24(7-8-26)21(25)27/h5-6,9-11,17,26H,4,7-8,12H2,1-3H3. The molecule has 0 aliphatic heterocycles. The molecule has 0 saturated carbocycles. The van der Waals surface area contributed by atoms with Crippen LogP contribution in [-0.2, 0) is 16.4 Å². The van der Waals surface area contributed by atoms with E-state index in [4.69, 9.17) is 9.47 Å². The van der Waals surface area contributed by atoms with Gasteiger partial charge in [-0.3, -0.25) is 9.13 Å². The lowest BCUT2D eigenvalue weighted by Crippen LogP contribution is -2.32. The predicted octanol–water partition coefficient (Wildman–Crippen LogP) is 2.11. The molecule has 3 rings (SSSR count). The number of methoxy groups -OCH3 is 1. The third-order valence-electron chi connectivity index (χ3n) is 4.94. The number of aliphatic hydroxyl groups excluding tert-OH is 1. The Labute approximate surface area is 183 Å². The Bertz CT molecular complexity index is 1300. The molecule has 0 fully saturated rings. The number of hydrogen-bond donors (Lipinski definition) is 1. The topological polar surface area (TPSA) is 99.8 Å². The third-order valence-corrected chi connectivity index (χ3v) is 5.87. The molecular weight excluding hydrogens is 446 g/mol. The van der Waals surface area contributed by atoms with E-state index < -0.39 is 45.6 Å². The van der Waals surface area contributed by atoms with Gasteiger partial charge in [-0.2, -0.15) is 0 Å². The maximum atomic E-state index is 14.9. The second kappa shape index (κ2) is 9.29. The molecule has 0 saturated heterocycles. The Hall–Kier alpha value is -2.92. The second-order valence-corrected chi connectivity index (χ2v) is 9.42. The van der Waals surface area contributed by atoms with Crippen molar-refractivity contribution in [3.05, 3.63) is 58.0 Å². The first kappa shape index (κ1) is 23.7. The largest absolute Gasteiger partial charge is 0.493 e. The minimum atomic E-state index is -3.66. The summed E-state index contributed by atoms with van der Waals surface area (Å²) in [6, 6.07) is 5.09. The van der Waals surface area contributed by atoms with Crippen molar-refractivity contribution in [3.63, 3.8) is 0 Å². The fraction of sp³-hybridized carbons (Fsp3) is 0.381. The van der Waals surface area contributed by atoms with E-state index in [2.05, 4.69) is 0 Å². The zero-order chi connectivity index (χ0) is 23.6. The number of sulfone groups is 1. The van der Waals surface area contributed by atoms with Gasteiger partial charge in [-0.1, -0.05) is 6.07 Å². The highest BCUT2D eigenvalue weighted by Crippen LogP contribution is 2.33. The van der Waals surface area contributed by atoms with Crippen LogP contribution in [0.2, 0.25) is 0 Å². The molecule has 0 spiro atoms. The normalized spacial score (nSPS) is 12.8. The van der Waals surface area contributed by atoms with Crippen molar-refractivity contribution in [2.24, 2.45) is 0 Å². The minimum absolute atomic E-state index is 0.0846. The molecule has 0 aliphatic rings. The van der Waals surface area contributed by atoms with Crippen LogP contribution in [0, 0.1) is 11.6 Å². The van der Waals surface area contributed by atoms with Gasteiger partial charge in [0.2, 0.25) is 0 Å². The maximum absolute atomic E-state index is 14.9. The van der Waals surface area contributed by atoms with E-state index in [1.807, 2.05) is 0 Å². The summed E-state index contributed by atoms with van der Waals surface area (Å²) in [7, 11) is -2.21. The first-order chi connectivity index (χ1) is 15.1. The van der Waals surface area contributed by atoms with Gasteiger partial charge in [0.1, 0.15) is 21.2 Å². The van der Waals surface area contributed by atoms with Crippen LogP contribution in [0.15, 0.2) is 35.1 Å². The molecule has 1 unspecified atom stereocenters. The van der Waals surface area contributed by atoms with Crippen molar-refractivity contribution >= 4 is 20.9 Å². The molecule has 1 atom stereocenters. The van der Waals surface area contributed by atoms with Gasteiger partial charge >= 0.3 is 5.69 Å². The minimum Gasteiger partial charge on any atom is -0.493 e. The molecule has 1 heterocycles. The van der Waals surface area contributed by atoms with Crippen LogP contribution in [0.5, 0.6) is 11.5 Å². The number of nitrogens with zero attached hydrogens (tertiary/aromatic N) is 2. The second-order valence-electron chi connectivity index (χ2n) is 7.23. The van der Waals surface area contributed by atoms with E-state index in [0.717, 1.165) is 21.5 Å². The molecule has 3 aromatic rings. The van der Waals surface area contributed by atoms with Gasteiger partial charge in [-0.15, -0.1) is 0 Å². The number of rotatable bonds is 9. The zero-order valence-electron chi connectivity index (χ0n) is 17.8. The smallest absolute Gasteiger partial charge is 0.329 e. The number of fused-ring (bicyclic) bond motifs is 1. The summed E-state index contributed by atoms with van der Waals surface area (Å²) in [4.78, 5) is 13.3. The van der Waals surface area contributed by atoms with Gasteiger partial charge in [0.05, 0.1) is 44.2 Å². The van der Waals surface area contributed by atoms with Crippen LogP contribution in [0.3, 0.4) is 0 Å². The fourth-order valence-electron chi connectivity index (χ4n) is 3.71. The van der Waals surface area contributed by atoms with Crippen LogP contribution >= 0.6 is 0 Å². The number of benzene rings is 2. The highest BCUT2D eigenvalue weighted by molar-refractivity contribution is 7.90. The monoisotopic (exact) mass is 470 g/mol. The summed E-state index contributed by atoms with van der Waals surface area (Å²) < 4.78 is 66.2. The van der Waals surface area contributed by atoms with Crippen molar-refractivity contribution in [2.45, 2.75) is 19.5 Å². The lowest BCUT2D eigenvalue weighted by molar-refractivity contribution is 0.275. The summed E-state index contributed by atoms with van der Waals surface area (Å²) >= 11 is 0. The Balaban J connectivity index is 2.36. The summed E-state index contributed by atoms with van der Waals surface area (Å²) in [6.07, 6.45) is 1.00. The average molecular weight is 470 g/mol. The Morgan fingerprint density at radius 3 is 2.47 bits per heavy atom. The van der Waals surface area contributed by atoms with Crippen molar-refractivity contribution in [2.75, 3.05) is 32.3 Å². The fourth-order valence-corrected chi connectivity index (χ4v) is 4.62. The number of aromatic nitrogens is 2. The molecule has 174 valence electrons. The Kier molecular flexibility index (Phi) is 6.89. The first-order valence-corrected chi connectivity index (χ1v) is 11.9. The number of aliphatic hydroxyl groups is 1. The molecule has 2 aromatic carbocycles. The third kappa shape index (κ3) is 4.63. The van der Waals surface area contributed by atoms with Crippen LogP contribution in [0.4, 0.5) is 8.78 Å². The molecule has 0 aliphatic carbocycles. The number of hydrogen-bond acceptors (Lipinski definition) is 6. The Morgan fingerprint density at radius 1 is 1.16 bits per heavy atom. The van der Waals surface area contributed by atoms with Gasteiger partial charge in [-0.25, -0.2) is 22.0 Å². The van der Waals surface area contributed by atoms with Gasteiger partial charge in [-0.05, 0) is 24.6 Å². The van der Waals surface area contributed by atoms with E-state index in [1.54, 1.807) is 19.1 Å². The maximum Gasteiger partial charge on any atom is 0.329 e. The molecule has 1 N–H and O–H groups in total. The lowest BCUT2D eigenvalue weighted by Gasteiger charge is -2.20. The van der Waals surface area contributed by atoms with Gasteiger partial charge < -0.3 is 14.6 Å². The molecular formula is C21H24F2N2O6S. The molecule has 0 bridgehead atoms. The number of ether oxygens (including phenoxy) is 2. The van der Waals surface area contributed by atoms with Gasteiger partial charge in [0, 0.05) is 18.4 Å². The number of halogens is 2. The molecule has 32 heavy (non-hydrogen) atoms. The van der Waals surface area contributed by atoms with Crippen molar-refractivity contribution < 1.29 is 31.8 Å². The SMILES string of the molecule is CCOc1cc(C(CS(C)(=O)=O)n2c(=O)n(CCO)c3cc(F)cc(F)c32)ccc1OC. The van der Waals surface area contributed by atoms with Crippen LogP contribution in [-0.4, -0.2) is 55.0 Å². The quantitative estimate of drug-likeness (QED) is 0.514. The first-order valence-electron chi connectivity index (χ1n) is 9.80. The summed E-state index contributed by atoms with van der Waals surface area (Å²) in [6.45, 7) is 1.39. The van der Waals surface area contributed by atoms with E-state index in [9.17, 15) is 27.1 Å². The van der Waals surface area contributed by atoms with E-state index >= 15 is 0 Å². The molecule has 1 aromatic heterocycles. The highest BCUT2D eigenvalue weighted by atomic mass is 32.2. The lowest BCUT2D eigenvalue weighted by atomic mass is 10.1. The summed E-state index contributed by atoms with van der Waals surface area (Å²) in [5, 5.41) is 9.36. The highest BCUT2D eigenvalue weighted by Gasteiger charge is 2.28.